The molecule has 1 aliphatic rings. The van der Waals surface area contributed by atoms with E-state index in [1.807, 2.05) is 6.07 Å². The van der Waals surface area contributed by atoms with Crippen LogP contribution in [0.15, 0.2) is 24.3 Å². The summed E-state index contributed by atoms with van der Waals surface area (Å²) in [6.45, 7) is 0.0346. The number of halogens is 2. The molecule has 0 saturated carbocycles. The van der Waals surface area contributed by atoms with Gasteiger partial charge in [0, 0.05) is 12.6 Å². The zero-order chi connectivity index (χ0) is 14.4. The average molecular weight is 285 g/mol. The van der Waals surface area contributed by atoms with Gasteiger partial charge in [0.05, 0.1) is 11.8 Å². The topological polar surface area (TPSA) is 30.5 Å². The molecule has 0 aromatic heterocycles. The smallest absolute Gasteiger partial charge is 0.387 e. The molecule has 112 valence electrons. The lowest BCUT2D eigenvalue weighted by Crippen LogP contribution is -2.34. The van der Waals surface area contributed by atoms with Crippen LogP contribution in [0.1, 0.15) is 32.6 Å². The largest absolute Gasteiger partial charge is 0.433 e. The molecule has 1 N–H and O–H groups in total. The minimum atomic E-state index is -2.81. The van der Waals surface area contributed by atoms with Gasteiger partial charge in [0.2, 0.25) is 0 Å². The first-order valence-electron chi connectivity index (χ1n) is 7.11. The van der Waals surface area contributed by atoms with E-state index in [-0.39, 0.29) is 17.9 Å². The van der Waals surface area contributed by atoms with Crippen LogP contribution in [0, 0.1) is 0 Å². The highest BCUT2D eigenvalue weighted by Gasteiger charge is 2.22. The highest BCUT2D eigenvalue weighted by atomic mass is 19.3. The summed E-state index contributed by atoms with van der Waals surface area (Å²) in [5.74, 6) is 0.195. The summed E-state index contributed by atoms with van der Waals surface area (Å²) in [7, 11) is 0. The molecule has 0 bridgehead atoms. The fourth-order valence-corrected chi connectivity index (χ4v) is 2.54. The van der Waals surface area contributed by atoms with Crippen LogP contribution in [-0.2, 0) is 4.74 Å². The first kappa shape index (κ1) is 15.0. The Balaban J connectivity index is 1.98. The van der Waals surface area contributed by atoms with Crippen LogP contribution < -0.4 is 10.1 Å². The SMILES string of the molecule is CCCC1CC(Nc2ccccc2OC(F)F)CCO1. The average Bonchev–Trinajstić information content (AvgIpc) is 2.41. The van der Waals surface area contributed by atoms with Gasteiger partial charge in [-0.2, -0.15) is 8.78 Å². The van der Waals surface area contributed by atoms with Crippen LogP contribution in [0.3, 0.4) is 0 Å². The van der Waals surface area contributed by atoms with Gasteiger partial charge in [0.15, 0.2) is 0 Å². The molecule has 0 amide bonds. The highest BCUT2D eigenvalue weighted by molar-refractivity contribution is 5.56. The molecule has 1 fully saturated rings. The van der Waals surface area contributed by atoms with Crippen LogP contribution in [0.5, 0.6) is 5.75 Å². The van der Waals surface area contributed by atoms with Crippen molar-refractivity contribution < 1.29 is 18.3 Å². The van der Waals surface area contributed by atoms with E-state index >= 15 is 0 Å². The summed E-state index contributed by atoms with van der Waals surface area (Å²) < 4.78 is 35.0. The highest BCUT2D eigenvalue weighted by Crippen LogP contribution is 2.29. The van der Waals surface area contributed by atoms with Crippen molar-refractivity contribution in [2.45, 2.75) is 51.4 Å². The van der Waals surface area contributed by atoms with E-state index in [2.05, 4.69) is 17.0 Å². The molecule has 5 heteroatoms. The number of para-hydroxylation sites is 2. The molecule has 2 atom stereocenters. The Morgan fingerprint density at radius 3 is 2.95 bits per heavy atom. The van der Waals surface area contributed by atoms with Crippen molar-refractivity contribution in [3.8, 4) is 5.75 Å². The Hall–Kier alpha value is -1.36. The maximum absolute atomic E-state index is 12.4. The van der Waals surface area contributed by atoms with Crippen molar-refractivity contribution in [2.24, 2.45) is 0 Å². The number of ether oxygens (including phenoxy) is 2. The van der Waals surface area contributed by atoms with Crippen LogP contribution in [0.25, 0.3) is 0 Å². The third-order valence-corrected chi connectivity index (χ3v) is 3.44. The molecular formula is C15H21F2NO2. The fraction of sp³-hybridized carbons (Fsp3) is 0.600. The Kier molecular flexibility index (Phi) is 5.59. The van der Waals surface area contributed by atoms with Crippen molar-refractivity contribution >= 4 is 5.69 Å². The number of benzene rings is 1. The van der Waals surface area contributed by atoms with Gasteiger partial charge < -0.3 is 14.8 Å². The molecule has 2 unspecified atom stereocenters. The summed E-state index contributed by atoms with van der Waals surface area (Å²) in [5, 5.41) is 3.30. The standard InChI is InChI=1S/C15H21F2NO2/c1-2-5-12-10-11(8-9-19-12)18-13-6-3-4-7-14(13)20-15(16)17/h3-4,6-7,11-12,15,18H,2,5,8-10H2,1H3. The lowest BCUT2D eigenvalue weighted by atomic mass is 10.00. The molecular weight excluding hydrogens is 264 g/mol. The van der Waals surface area contributed by atoms with Crippen LogP contribution in [0.2, 0.25) is 0 Å². The van der Waals surface area contributed by atoms with Crippen LogP contribution >= 0.6 is 0 Å². The van der Waals surface area contributed by atoms with E-state index in [9.17, 15) is 8.78 Å². The Morgan fingerprint density at radius 2 is 2.20 bits per heavy atom. The molecule has 0 spiro atoms. The zero-order valence-electron chi connectivity index (χ0n) is 11.6. The van der Waals surface area contributed by atoms with Crippen molar-refractivity contribution in [2.75, 3.05) is 11.9 Å². The molecule has 1 saturated heterocycles. The number of alkyl halides is 2. The molecule has 20 heavy (non-hydrogen) atoms. The van der Waals surface area contributed by atoms with Crippen molar-refractivity contribution in [3.63, 3.8) is 0 Å². The predicted octanol–water partition coefficient (Wildman–Crippen LogP) is 4.05. The maximum Gasteiger partial charge on any atom is 0.387 e. The van der Waals surface area contributed by atoms with Gasteiger partial charge in [-0.15, -0.1) is 0 Å². The van der Waals surface area contributed by atoms with E-state index in [0.717, 1.165) is 25.7 Å². The summed E-state index contributed by atoms with van der Waals surface area (Å²) in [4.78, 5) is 0. The number of nitrogens with one attached hydrogen (secondary N) is 1. The third kappa shape index (κ3) is 4.34. The van der Waals surface area contributed by atoms with Crippen molar-refractivity contribution in [1.82, 2.24) is 0 Å². The minimum absolute atomic E-state index is 0.195. The van der Waals surface area contributed by atoms with Crippen LogP contribution in [-0.4, -0.2) is 25.4 Å². The molecule has 2 rings (SSSR count). The summed E-state index contributed by atoms with van der Waals surface area (Å²) >= 11 is 0. The number of hydrogen-bond donors (Lipinski definition) is 1. The normalized spacial score (nSPS) is 22.8. The van der Waals surface area contributed by atoms with Gasteiger partial charge in [0.25, 0.3) is 0 Å². The van der Waals surface area contributed by atoms with E-state index < -0.39 is 6.61 Å². The lowest BCUT2D eigenvalue weighted by Gasteiger charge is -2.31. The van der Waals surface area contributed by atoms with Crippen molar-refractivity contribution in [3.05, 3.63) is 24.3 Å². The summed E-state index contributed by atoms with van der Waals surface area (Å²) in [5.41, 5.74) is 0.620. The first-order chi connectivity index (χ1) is 9.69. The molecule has 1 aromatic rings. The molecule has 1 aliphatic heterocycles. The van der Waals surface area contributed by atoms with Gasteiger partial charge in [-0.05, 0) is 31.4 Å². The second-order valence-electron chi connectivity index (χ2n) is 5.02. The molecule has 0 radical (unpaired) electrons. The van der Waals surface area contributed by atoms with Gasteiger partial charge in [-0.25, -0.2) is 0 Å². The van der Waals surface area contributed by atoms with E-state index in [1.165, 1.54) is 0 Å². The zero-order valence-corrected chi connectivity index (χ0v) is 11.6. The summed E-state index contributed by atoms with van der Waals surface area (Å²) in [6.07, 6.45) is 4.16. The maximum atomic E-state index is 12.4. The van der Waals surface area contributed by atoms with E-state index in [0.29, 0.717) is 12.3 Å². The quantitative estimate of drug-likeness (QED) is 0.855. The molecule has 1 heterocycles. The second kappa shape index (κ2) is 7.43. The third-order valence-electron chi connectivity index (χ3n) is 3.44. The number of anilines is 1. The van der Waals surface area contributed by atoms with Crippen molar-refractivity contribution in [1.29, 1.82) is 0 Å². The van der Waals surface area contributed by atoms with E-state index in [4.69, 9.17) is 4.74 Å². The van der Waals surface area contributed by atoms with Gasteiger partial charge in [0.1, 0.15) is 5.75 Å². The van der Waals surface area contributed by atoms with Gasteiger partial charge in [-0.3, -0.25) is 0 Å². The van der Waals surface area contributed by atoms with Crippen LogP contribution in [0.4, 0.5) is 14.5 Å². The Labute approximate surface area is 118 Å². The van der Waals surface area contributed by atoms with Gasteiger partial charge in [-0.1, -0.05) is 25.5 Å². The Morgan fingerprint density at radius 1 is 1.40 bits per heavy atom. The summed E-state index contributed by atoms with van der Waals surface area (Å²) in [6, 6.07) is 7.05. The number of hydrogen-bond acceptors (Lipinski definition) is 3. The predicted molar refractivity (Wildman–Crippen MR) is 74.4 cm³/mol. The molecule has 0 aliphatic carbocycles. The lowest BCUT2D eigenvalue weighted by molar-refractivity contribution is -0.0495. The Bertz CT molecular complexity index is 413. The molecule has 3 nitrogen and oxygen atoms in total. The number of rotatable bonds is 6. The second-order valence-corrected chi connectivity index (χ2v) is 5.02. The van der Waals surface area contributed by atoms with Gasteiger partial charge >= 0.3 is 6.61 Å². The molecule has 1 aromatic carbocycles. The minimum Gasteiger partial charge on any atom is -0.433 e. The fourth-order valence-electron chi connectivity index (χ4n) is 2.54. The van der Waals surface area contributed by atoms with E-state index in [1.54, 1.807) is 18.2 Å². The first-order valence-corrected chi connectivity index (χ1v) is 7.11. The monoisotopic (exact) mass is 285 g/mol.